The van der Waals surface area contributed by atoms with Gasteiger partial charge >= 0.3 is 0 Å². The van der Waals surface area contributed by atoms with Gasteiger partial charge in [-0.2, -0.15) is 5.10 Å². The summed E-state index contributed by atoms with van der Waals surface area (Å²) in [6.07, 6.45) is 0. The SMILES string of the molecule is C/C(=N/NC(=O)CN(c1ccc(Br)cc1)S(=O)(=O)c1ccccc1)c1ccc([N+](=O)[O-])cc1. The minimum Gasteiger partial charge on any atom is -0.271 e. The number of nitro groups is 1. The maximum absolute atomic E-state index is 13.2. The van der Waals surface area contributed by atoms with Crippen molar-refractivity contribution in [1.82, 2.24) is 5.43 Å². The molecule has 0 unspecified atom stereocenters. The Morgan fingerprint density at radius 3 is 2.21 bits per heavy atom. The van der Waals surface area contributed by atoms with Gasteiger partial charge in [0, 0.05) is 16.6 Å². The van der Waals surface area contributed by atoms with Crippen LogP contribution in [0.5, 0.6) is 0 Å². The van der Waals surface area contributed by atoms with E-state index in [1.165, 1.54) is 36.4 Å². The number of nitrogens with one attached hydrogen (secondary N) is 1. The molecule has 9 nitrogen and oxygen atoms in total. The van der Waals surface area contributed by atoms with E-state index in [1.54, 1.807) is 49.4 Å². The van der Waals surface area contributed by atoms with Gasteiger partial charge in [-0.25, -0.2) is 13.8 Å². The van der Waals surface area contributed by atoms with E-state index in [9.17, 15) is 23.3 Å². The lowest BCUT2D eigenvalue weighted by molar-refractivity contribution is -0.384. The number of non-ortho nitro benzene ring substituents is 1. The van der Waals surface area contributed by atoms with E-state index in [2.05, 4.69) is 26.5 Å². The second kappa shape index (κ2) is 10.4. The van der Waals surface area contributed by atoms with Crippen LogP contribution in [0.4, 0.5) is 11.4 Å². The lowest BCUT2D eigenvalue weighted by atomic mass is 10.1. The molecule has 0 saturated heterocycles. The molecule has 0 aliphatic heterocycles. The van der Waals surface area contributed by atoms with Crippen LogP contribution in [0.1, 0.15) is 12.5 Å². The molecule has 0 spiro atoms. The summed E-state index contributed by atoms with van der Waals surface area (Å²) in [5, 5.41) is 14.8. The van der Waals surface area contributed by atoms with E-state index in [0.717, 1.165) is 8.78 Å². The number of nitrogens with zero attached hydrogens (tertiary/aromatic N) is 3. The average molecular weight is 531 g/mol. The maximum Gasteiger partial charge on any atom is 0.269 e. The van der Waals surface area contributed by atoms with Crippen molar-refractivity contribution in [1.29, 1.82) is 0 Å². The Hall–Kier alpha value is -3.57. The summed E-state index contributed by atoms with van der Waals surface area (Å²) < 4.78 is 28.2. The number of benzene rings is 3. The third-order valence-corrected chi connectivity index (χ3v) is 6.89. The molecule has 0 bridgehead atoms. The topological polar surface area (TPSA) is 122 Å². The van der Waals surface area contributed by atoms with Gasteiger partial charge in [0.2, 0.25) is 0 Å². The minimum atomic E-state index is -4.02. The van der Waals surface area contributed by atoms with E-state index >= 15 is 0 Å². The van der Waals surface area contributed by atoms with E-state index in [4.69, 9.17) is 0 Å². The smallest absolute Gasteiger partial charge is 0.269 e. The normalized spacial score (nSPS) is 11.6. The number of carbonyl (C=O) groups is 1. The van der Waals surface area contributed by atoms with Crippen molar-refractivity contribution in [3.05, 3.63) is 99.0 Å². The van der Waals surface area contributed by atoms with Gasteiger partial charge < -0.3 is 0 Å². The summed E-state index contributed by atoms with van der Waals surface area (Å²) in [5.74, 6) is -0.654. The lowest BCUT2D eigenvalue weighted by Crippen LogP contribution is -2.39. The molecule has 0 aliphatic rings. The Balaban J connectivity index is 1.82. The fourth-order valence-electron chi connectivity index (χ4n) is 2.84. The van der Waals surface area contributed by atoms with Gasteiger partial charge in [-0.3, -0.25) is 19.2 Å². The molecule has 0 fully saturated rings. The molecular weight excluding hydrogens is 512 g/mol. The highest BCUT2D eigenvalue weighted by atomic mass is 79.9. The lowest BCUT2D eigenvalue weighted by Gasteiger charge is -2.23. The molecule has 3 aromatic rings. The van der Waals surface area contributed by atoms with Crippen molar-refractivity contribution in [2.45, 2.75) is 11.8 Å². The fourth-order valence-corrected chi connectivity index (χ4v) is 4.55. The molecule has 0 aromatic heterocycles. The van der Waals surface area contributed by atoms with Crippen LogP contribution in [0.15, 0.2) is 93.3 Å². The number of hydrazone groups is 1. The molecule has 0 radical (unpaired) electrons. The minimum absolute atomic E-state index is 0.0475. The Morgan fingerprint density at radius 2 is 1.64 bits per heavy atom. The zero-order valence-electron chi connectivity index (χ0n) is 17.4. The van der Waals surface area contributed by atoms with Crippen molar-refractivity contribution in [2.75, 3.05) is 10.8 Å². The fraction of sp³-hybridized carbons (Fsp3) is 0.0909. The van der Waals surface area contributed by atoms with Crippen molar-refractivity contribution in [3.63, 3.8) is 0 Å². The zero-order chi connectivity index (χ0) is 24.0. The number of hydrogen-bond donors (Lipinski definition) is 1. The number of anilines is 1. The first kappa shape index (κ1) is 24.1. The number of nitro benzene ring substituents is 1. The number of halogens is 1. The first-order chi connectivity index (χ1) is 15.7. The van der Waals surface area contributed by atoms with Crippen LogP contribution in [-0.2, 0) is 14.8 Å². The summed E-state index contributed by atoms with van der Waals surface area (Å²) in [6, 6.07) is 20.0. The van der Waals surface area contributed by atoms with Gasteiger partial charge in [0.15, 0.2) is 0 Å². The molecule has 170 valence electrons. The van der Waals surface area contributed by atoms with Gasteiger partial charge in [-0.05, 0) is 61.0 Å². The van der Waals surface area contributed by atoms with Crippen LogP contribution in [0.3, 0.4) is 0 Å². The summed E-state index contributed by atoms with van der Waals surface area (Å²) in [5.41, 5.74) is 3.58. The number of rotatable bonds is 8. The quantitative estimate of drug-likeness (QED) is 0.267. The molecule has 3 rings (SSSR count). The Bertz CT molecular complexity index is 1280. The summed E-state index contributed by atoms with van der Waals surface area (Å²) in [7, 11) is -4.02. The molecule has 1 N–H and O–H groups in total. The van der Waals surface area contributed by atoms with Crippen LogP contribution < -0.4 is 9.73 Å². The first-order valence-electron chi connectivity index (χ1n) is 9.60. The van der Waals surface area contributed by atoms with Crippen molar-refractivity contribution >= 4 is 48.9 Å². The Morgan fingerprint density at radius 1 is 1.03 bits per heavy atom. The summed E-state index contributed by atoms with van der Waals surface area (Å²) >= 11 is 3.31. The highest BCUT2D eigenvalue weighted by Crippen LogP contribution is 2.25. The standard InChI is InChI=1S/C22H19BrN4O5S/c1-16(17-7-11-20(12-8-17)27(29)30)24-25-22(28)15-26(19-13-9-18(23)10-14-19)33(31,32)21-5-3-2-4-6-21/h2-14H,15H2,1H3,(H,25,28)/b24-16-. The summed E-state index contributed by atoms with van der Waals surface area (Å²) in [4.78, 5) is 22.9. The van der Waals surface area contributed by atoms with Gasteiger partial charge in [-0.15, -0.1) is 0 Å². The van der Waals surface area contributed by atoms with Crippen molar-refractivity contribution in [2.24, 2.45) is 5.10 Å². The molecule has 0 atom stereocenters. The van der Waals surface area contributed by atoms with Gasteiger partial charge in [-0.1, -0.05) is 34.1 Å². The average Bonchev–Trinajstić information content (AvgIpc) is 2.82. The van der Waals surface area contributed by atoms with Crippen LogP contribution >= 0.6 is 15.9 Å². The number of carbonyl (C=O) groups excluding carboxylic acids is 1. The van der Waals surface area contributed by atoms with Crippen LogP contribution in [-0.4, -0.2) is 31.5 Å². The van der Waals surface area contributed by atoms with Gasteiger partial charge in [0.1, 0.15) is 6.54 Å². The third-order valence-electron chi connectivity index (χ3n) is 4.58. The van der Waals surface area contributed by atoms with Gasteiger partial charge in [0.05, 0.1) is 21.2 Å². The van der Waals surface area contributed by atoms with Crippen molar-refractivity contribution in [3.8, 4) is 0 Å². The Kier molecular flexibility index (Phi) is 7.56. The first-order valence-corrected chi connectivity index (χ1v) is 11.8. The largest absolute Gasteiger partial charge is 0.271 e. The molecule has 3 aromatic carbocycles. The van der Waals surface area contributed by atoms with E-state index in [0.29, 0.717) is 17.0 Å². The van der Waals surface area contributed by atoms with E-state index in [1.807, 2.05) is 0 Å². The predicted octanol–water partition coefficient (Wildman–Crippen LogP) is 4.09. The number of amides is 1. The Labute approximate surface area is 199 Å². The summed E-state index contributed by atoms with van der Waals surface area (Å²) in [6.45, 7) is 1.12. The number of sulfonamides is 1. The molecule has 11 heteroatoms. The zero-order valence-corrected chi connectivity index (χ0v) is 19.8. The second-order valence-electron chi connectivity index (χ2n) is 6.84. The number of hydrogen-bond acceptors (Lipinski definition) is 6. The molecule has 0 heterocycles. The highest BCUT2D eigenvalue weighted by Gasteiger charge is 2.27. The molecule has 33 heavy (non-hydrogen) atoms. The van der Waals surface area contributed by atoms with Crippen LogP contribution in [0.25, 0.3) is 0 Å². The monoisotopic (exact) mass is 530 g/mol. The molecule has 0 saturated carbocycles. The van der Waals surface area contributed by atoms with Crippen LogP contribution in [0.2, 0.25) is 0 Å². The second-order valence-corrected chi connectivity index (χ2v) is 9.62. The highest BCUT2D eigenvalue weighted by molar-refractivity contribution is 9.10. The third kappa shape index (κ3) is 6.02. The molecule has 0 aliphatic carbocycles. The van der Waals surface area contributed by atoms with Crippen molar-refractivity contribution < 1.29 is 18.1 Å². The molecule has 1 amide bonds. The predicted molar refractivity (Wildman–Crippen MR) is 129 cm³/mol. The van der Waals surface area contributed by atoms with E-state index in [-0.39, 0.29) is 10.6 Å². The van der Waals surface area contributed by atoms with E-state index < -0.39 is 27.4 Å². The van der Waals surface area contributed by atoms with Crippen LogP contribution in [0, 0.1) is 10.1 Å². The van der Waals surface area contributed by atoms with Gasteiger partial charge in [0.25, 0.3) is 21.6 Å². The maximum atomic E-state index is 13.2. The molecular formula is C22H19BrN4O5S.